The van der Waals surface area contributed by atoms with Crippen LogP contribution in [-0.2, 0) is 0 Å². The fraction of sp³-hybridized carbons (Fsp3) is 1.00. The van der Waals surface area contributed by atoms with E-state index in [-0.39, 0.29) is 12.2 Å². The molecular formula is C11H24O2. The van der Waals surface area contributed by atoms with Crippen LogP contribution in [0.3, 0.4) is 0 Å². The Kier molecular flexibility index (Phi) is 8.46. The van der Waals surface area contributed by atoms with Gasteiger partial charge in [0.15, 0.2) is 0 Å². The zero-order chi connectivity index (χ0) is 10.1. The van der Waals surface area contributed by atoms with E-state index in [0.717, 1.165) is 32.1 Å². The van der Waals surface area contributed by atoms with E-state index in [1.54, 1.807) is 0 Å². The maximum atomic E-state index is 9.26. The molecule has 0 aromatic carbocycles. The fourth-order valence-corrected chi connectivity index (χ4v) is 1.38. The van der Waals surface area contributed by atoms with Crippen LogP contribution in [0.15, 0.2) is 0 Å². The minimum absolute atomic E-state index is 0.100. The first-order valence-corrected chi connectivity index (χ1v) is 5.53. The van der Waals surface area contributed by atoms with Gasteiger partial charge in [0.1, 0.15) is 0 Å². The van der Waals surface area contributed by atoms with Gasteiger partial charge in [0.2, 0.25) is 0 Å². The van der Waals surface area contributed by atoms with Crippen LogP contribution in [0.2, 0.25) is 0 Å². The van der Waals surface area contributed by atoms with Crippen LogP contribution in [0.25, 0.3) is 0 Å². The molecule has 0 spiro atoms. The van der Waals surface area contributed by atoms with Gasteiger partial charge in [-0.3, -0.25) is 0 Å². The number of hydrogen-bond acceptors (Lipinski definition) is 2. The van der Waals surface area contributed by atoms with Crippen LogP contribution in [0.1, 0.15) is 58.8 Å². The molecule has 0 saturated heterocycles. The van der Waals surface area contributed by atoms with E-state index >= 15 is 0 Å². The minimum atomic E-state index is -0.152. The molecule has 0 aliphatic carbocycles. The molecule has 2 atom stereocenters. The minimum Gasteiger partial charge on any atom is -0.393 e. The second kappa shape index (κ2) is 8.52. The third-order valence-corrected chi connectivity index (χ3v) is 2.38. The van der Waals surface area contributed by atoms with Crippen LogP contribution >= 0.6 is 0 Å². The van der Waals surface area contributed by atoms with Crippen molar-refractivity contribution >= 4 is 0 Å². The van der Waals surface area contributed by atoms with E-state index in [0.29, 0.717) is 0 Å². The van der Waals surface area contributed by atoms with Crippen molar-refractivity contribution in [3.8, 4) is 0 Å². The van der Waals surface area contributed by atoms with E-state index in [9.17, 15) is 5.11 Å². The van der Waals surface area contributed by atoms with Gasteiger partial charge in [-0.2, -0.15) is 0 Å². The highest BCUT2D eigenvalue weighted by Crippen LogP contribution is 2.09. The molecule has 0 aromatic heterocycles. The topological polar surface area (TPSA) is 40.5 Å². The number of unbranched alkanes of at least 4 members (excludes halogenated alkanes) is 3. The SMILES string of the molecule is CCC(O)CCCCCCC(C)O. The molecule has 0 radical (unpaired) electrons. The summed E-state index contributed by atoms with van der Waals surface area (Å²) in [7, 11) is 0. The van der Waals surface area contributed by atoms with E-state index in [2.05, 4.69) is 0 Å². The second-order valence-corrected chi connectivity index (χ2v) is 3.90. The fourth-order valence-electron chi connectivity index (χ4n) is 1.38. The smallest absolute Gasteiger partial charge is 0.0537 e. The zero-order valence-electron chi connectivity index (χ0n) is 9.00. The van der Waals surface area contributed by atoms with Crippen molar-refractivity contribution in [3.63, 3.8) is 0 Å². The van der Waals surface area contributed by atoms with Crippen LogP contribution < -0.4 is 0 Å². The quantitative estimate of drug-likeness (QED) is 0.574. The van der Waals surface area contributed by atoms with Crippen molar-refractivity contribution in [3.05, 3.63) is 0 Å². The average molecular weight is 188 g/mol. The summed E-state index contributed by atoms with van der Waals surface area (Å²) in [5.74, 6) is 0. The van der Waals surface area contributed by atoms with E-state index < -0.39 is 0 Å². The summed E-state index contributed by atoms with van der Waals surface area (Å²) in [6.07, 6.45) is 7.06. The summed E-state index contributed by atoms with van der Waals surface area (Å²) in [6, 6.07) is 0. The molecule has 2 N–H and O–H groups in total. The lowest BCUT2D eigenvalue weighted by molar-refractivity contribution is 0.155. The Morgan fingerprint density at radius 2 is 1.46 bits per heavy atom. The molecule has 0 heterocycles. The summed E-state index contributed by atoms with van der Waals surface area (Å²) in [5.41, 5.74) is 0. The number of hydrogen-bond donors (Lipinski definition) is 2. The van der Waals surface area contributed by atoms with Gasteiger partial charge in [-0.1, -0.05) is 32.6 Å². The number of rotatable bonds is 8. The Hall–Kier alpha value is -0.0800. The van der Waals surface area contributed by atoms with Gasteiger partial charge < -0.3 is 10.2 Å². The molecule has 0 amide bonds. The standard InChI is InChI=1S/C11H24O2/c1-3-11(13)9-7-5-4-6-8-10(2)12/h10-13H,3-9H2,1-2H3. The van der Waals surface area contributed by atoms with Gasteiger partial charge in [-0.15, -0.1) is 0 Å². The van der Waals surface area contributed by atoms with Gasteiger partial charge in [0.05, 0.1) is 12.2 Å². The monoisotopic (exact) mass is 188 g/mol. The van der Waals surface area contributed by atoms with E-state index in [1.165, 1.54) is 12.8 Å². The first-order valence-electron chi connectivity index (χ1n) is 5.53. The highest BCUT2D eigenvalue weighted by Gasteiger charge is 2.00. The lowest BCUT2D eigenvalue weighted by Crippen LogP contribution is -2.03. The summed E-state index contributed by atoms with van der Waals surface area (Å²) in [5, 5.41) is 18.3. The van der Waals surface area contributed by atoms with Crippen LogP contribution in [0.4, 0.5) is 0 Å². The molecule has 0 saturated carbocycles. The molecule has 2 nitrogen and oxygen atoms in total. The Labute approximate surface area is 82.0 Å². The molecule has 0 bridgehead atoms. The molecule has 0 aliphatic heterocycles. The predicted molar refractivity (Wildman–Crippen MR) is 55.7 cm³/mol. The first-order chi connectivity index (χ1) is 6.16. The second-order valence-electron chi connectivity index (χ2n) is 3.90. The third-order valence-electron chi connectivity index (χ3n) is 2.38. The highest BCUT2D eigenvalue weighted by atomic mass is 16.3. The predicted octanol–water partition coefficient (Wildman–Crippen LogP) is 2.48. The molecule has 2 unspecified atom stereocenters. The zero-order valence-corrected chi connectivity index (χ0v) is 9.00. The summed E-state index contributed by atoms with van der Waals surface area (Å²) >= 11 is 0. The molecule has 0 rings (SSSR count). The highest BCUT2D eigenvalue weighted by molar-refractivity contribution is 4.54. The molecule has 0 aromatic rings. The van der Waals surface area contributed by atoms with E-state index in [1.807, 2.05) is 13.8 Å². The lowest BCUT2D eigenvalue weighted by Gasteiger charge is -2.07. The van der Waals surface area contributed by atoms with Crippen LogP contribution in [0, 0.1) is 0 Å². The summed E-state index contributed by atoms with van der Waals surface area (Å²) < 4.78 is 0. The van der Waals surface area contributed by atoms with Crippen LogP contribution in [0.5, 0.6) is 0 Å². The van der Waals surface area contributed by atoms with E-state index in [4.69, 9.17) is 5.11 Å². The lowest BCUT2D eigenvalue weighted by atomic mass is 10.1. The Morgan fingerprint density at radius 3 is 1.92 bits per heavy atom. The summed E-state index contributed by atoms with van der Waals surface area (Å²) in [4.78, 5) is 0. The maximum absolute atomic E-state index is 9.26. The molecule has 13 heavy (non-hydrogen) atoms. The molecule has 0 fully saturated rings. The Bertz CT molecular complexity index is 102. The molecule has 2 heteroatoms. The molecule has 0 aliphatic rings. The Morgan fingerprint density at radius 1 is 0.923 bits per heavy atom. The van der Waals surface area contributed by atoms with Crippen molar-refractivity contribution in [2.45, 2.75) is 71.0 Å². The summed E-state index contributed by atoms with van der Waals surface area (Å²) in [6.45, 7) is 3.85. The normalized spacial score (nSPS) is 15.7. The van der Waals surface area contributed by atoms with Crippen molar-refractivity contribution in [2.24, 2.45) is 0 Å². The van der Waals surface area contributed by atoms with Crippen molar-refractivity contribution in [1.82, 2.24) is 0 Å². The average Bonchev–Trinajstić information content (AvgIpc) is 2.10. The van der Waals surface area contributed by atoms with Crippen molar-refractivity contribution < 1.29 is 10.2 Å². The van der Waals surface area contributed by atoms with Crippen LogP contribution in [-0.4, -0.2) is 22.4 Å². The van der Waals surface area contributed by atoms with Gasteiger partial charge in [0, 0.05) is 0 Å². The van der Waals surface area contributed by atoms with Gasteiger partial charge in [-0.05, 0) is 26.2 Å². The first kappa shape index (κ1) is 12.9. The van der Waals surface area contributed by atoms with Gasteiger partial charge >= 0.3 is 0 Å². The molecule has 80 valence electrons. The third kappa shape index (κ3) is 9.84. The number of aliphatic hydroxyl groups is 2. The van der Waals surface area contributed by atoms with Gasteiger partial charge in [0.25, 0.3) is 0 Å². The Balaban J connectivity index is 2.99. The van der Waals surface area contributed by atoms with Crippen molar-refractivity contribution in [2.75, 3.05) is 0 Å². The van der Waals surface area contributed by atoms with Crippen molar-refractivity contribution in [1.29, 1.82) is 0 Å². The van der Waals surface area contributed by atoms with Gasteiger partial charge in [-0.25, -0.2) is 0 Å². The largest absolute Gasteiger partial charge is 0.393 e. The maximum Gasteiger partial charge on any atom is 0.0537 e. The number of aliphatic hydroxyl groups excluding tert-OH is 2. The molecular weight excluding hydrogens is 164 g/mol.